The molecule has 2 aromatic rings. The zero-order chi connectivity index (χ0) is 18.7. The first-order chi connectivity index (χ1) is 12.4. The second-order valence-electron chi connectivity index (χ2n) is 5.67. The van der Waals surface area contributed by atoms with E-state index in [0.29, 0.717) is 35.5 Å². The van der Waals surface area contributed by atoms with Crippen molar-refractivity contribution in [2.75, 3.05) is 18.5 Å². The molecular weight excluding hydrogens is 384 g/mol. The Labute approximate surface area is 158 Å². The Morgan fingerprint density at radius 3 is 2.77 bits per heavy atom. The van der Waals surface area contributed by atoms with E-state index in [2.05, 4.69) is 5.32 Å². The van der Waals surface area contributed by atoms with Crippen LogP contribution in [0.5, 0.6) is 11.5 Å². The van der Waals surface area contributed by atoms with E-state index < -0.39 is 16.9 Å². The highest BCUT2D eigenvalue weighted by Crippen LogP contribution is 2.39. The van der Waals surface area contributed by atoms with Crippen LogP contribution < -0.4 is 14.8 Å². The second-order valence-corrected chi connectivity index (χ2v) is 7.41. The molecule has 0 fully saturated rings. The summed E-state index contributed by atoms with van der Waals surface area (Å²) in [5, 5.41) is 2.63. The van der Waals surface area contributed by atoms with Crippen LogP contribution in [0.1, 0.15) is 12.5 Å². The molecule has 0 radical (unpaired) electrons. The maximum atomic E-state index is 13.2. The third-order valence-electron chi connectivity index (χ3n) is 3.71. The lowest BCUT2D eigenvalue weighted by Gasteiger charge is -2.20. The summed E-state index contributed by atoms with van der Waals surface area (Å²) < 4.78 is 37.2. The monoisotopic (exact) mass is 399 g/mol. The standard InChI is InChI=1S/C18H16ClF2NO3S/c1-10(18(23)22-12-2-3-14(20)15(21)8-12)26-9-11-6-13(19)17-16(7-11)24-4-5-25-17/h2-3,6-8,10H,4-5,9H2,1H3,(H,22,23). The molecule has 1 amide bonds. The van der Waals surface area contributed by atoms with E-state index in [1.165, 1.54) is 17.8 Å². The summed E-state index contributed by atoms with van der Waals surface area (Å²) in [6.07, 6.45) is 0. The molecule has 0 aromatic heterocycles. The van der Waals surface area contributed by atoms with Crippen LogP contribution in [-0.4, -0.2) is 24.4 Å². The molecule has 1 aliphatic heterocycles. The third-order valence-corrected chi connectivity index (χ3v) is 5.21. The first-order valence-electron chi connectivity index (χ1n) is 7.89. The number of hydrogen-bond donors (Lipinski definition) is 1. The molecule has 0 aliphatic carbocycles. The largest absolute Gasteiger partial charge is 0.486 e. The number of nitrogens with one attached hydrogen (secondary N) is 1. The lowest BCUT2D eigenvalue weighted by atomic mass is 10.2. The summed E-state index contributed by atoms with van der Waals surface area (Å²) in [4.78, 5) is 12.2. The molecule has 4 nitrogen and oxygen atoms in total. The van der Waals surface area contributed by atoms with Gasteiger partial charge in [0.1, 0.15) is 13.2 Å². The molecule has 8 heteroatoms. The van der Waals surface area contributed by atoms with Crippen molar-refractivity contribution in [1.82, 2.24) is 0 Å². The minimum atomic E-state index is -1.01. The van der Waals surface area contributed by atoms with Gasteiger partial charge in [-0.3, -0.25) is 4.79 Å². The summed E-state index contributed by atoms with van der Waals surface area (Å²) in [6, 6.07) is 6.86. The number of carbonyl (C=O) groups is 1. The molecule has 0 spiro atoms. The van der Waals surface area contributed by atoms with Crippen molar-refractivity contribution in [3.8, 4) is 11.5 Å². The van der Waals surface area contributed by atoms with Gasteiger partial charge in [0.15, 0.2) is 23.1 Å². The summed E-state index contributed by atoms with van der Waals surface area (Å²) >= 11 is 7.59. The van der Waals surface area contributed by atoms with Crippen LogP contribution in [0.15, 0.2) is 30.3 Å². The van der Waals surface area contributed by atoms with Crippen LogP contribution in [-0.2, 0) is 10.5 Å². The van der Waals surface area contributed by atoms with E-state index in [0.717, 1.165) is 17.7 Å². The minimum Gasteiger partial charge on any atom is -0.486 e. The van der Waals surface area contributed by atoms with Crippen molar-refractivity contribution >= 4 is 35.0 Å². The molecule has 1 aliphatic rings. The number of rotatable bonds is 5. The Bertz CT molecular complexity index is 834. The quantitative estimate of drug-likeness (QED) is 0.795. The summed E-state index contributed by atoms with van der Waals surface area (Å²) in [5.74, 6) is -0.600. The number of benzene rings is 2. The van der Waals surface area contributed by atoms with Gasteiger partial charge in [0.2, 0.25) is 5.91 Å². The number of halogens is 3. The number of amides is 1. The number of carbonyl (C=O) groups excluding carboxylic acids is 1. The van der Waals surface area contributed by atoms with Crippen LogP contribution in [0.2, 0.25) is 5.02 Å². The third kappa shape index (κ3) is 4.40. The number of ether oxygens (including phenoxy) is 2. The maximum Gasteiger partial charge on any atom is 0.237 e. The Hall–Kier alpha value is -1.99. The minimum absolute atomic E-state index is 0.212. The van der Waals surface area contributed by atoms with Gasteiger partial charge in [0.25, 0.3) is 0 Å². The predicted octanol–water partition coefficient (Wildman–Crippen LogP) is 4.65. The van der Waals surface area contributed by atoms with Crippen LogP contribution in [0.25, 0.3) is 0 Å². The lowest BCUT2D eigenvalue weighted by Crippen LogP contribution is -2.22. The number of thioether (sulfide) groups is 1. The smallest absolute Gasteiger partial charge is 0.237 e. The van der Waals surface area contributed by atoms with Crippen LogP contribution >= 0.6 is 23.4 Å². The summed E-state index contributed by atoms with van der Waals surface area (Å²) in [5.41, 5.74) is 1.11. The van der Waals surface area contributed by atoms with E-state index in [-0.39, 0.29) is 11.6 Å². The molecule has 1 heterocycles. The van der Waals surface area contributed by atoms with Crippen molar-refractivity contribution in [2.45, 2.75) is 17.9 Å². The number of hydrogen-bond acceptors (Lipinski definition) is 4. The van der Waals surface area contributed by atoms with Gasteiger partial charge < -0.3 is 14.8 Å². The number of anilines is 1. The highest BCUT2D eigenvalue weighted by molar-refractivity contribution is 7.99. The molecule has 3 rings (SSSR count). The zero-order valence-corrected chi connectivity index (χ0v) is 15.4. The first-order valence-corrected chi connectivity index (χ1v) is 9.32. The highest BCUT2D eigenvalue weighted by Gasteiger charge is 2.19. The van der Waals surface area contributed by atoms with Gasteiger partial charge in [-0.25, -0.2) is 8.78 Å². The van der Waals surface area contributed by atoms with E-state index >= 15 is 0 Å². The summed E-state index contributed by atoms with van der Waals surface area (Å²) in [7, 11) is 0. The Balaban J connectivity index is 1.59. The van der Waals surface area contributed by atoms with Crippen molar-refractivity contribution in [1.29, 1.82) is 0 Å². The molecule has 2 aromatic carbocycles. The topological polar surface area (TPSA) is 47.6 Å². The molecule has 1 N–H and O–H groups in total. The van der Waals surface area contributed by atoms with Crippen LogP contribution in [0, 0.1) is 11.6 Å². The Morgan fingerprint density at radius 1 is 1.23 bits per heavy atom. The van der Waals surface area contributed by atoms with Crippen molar-refractivity contribution < 1.29 is 23.0 Å². The van der Waals surface area contributed by atoms with Gasteiger partial charge in [-0.05, 0) is 36.8 Å². The average molecular weight is 400 g/mol. The molecule has 26 heavy (non-hydrogen) atoms. The molecule has 1 atom stereocenters. The van der Waals surface area contributed by atoms with Crippen LogP contribution in [0.4, 0.5) is 14.5 Å². The number of fused-ring (bicyclic) bond motifs is 1. The maximum absolute atomic E-state index is 13.2. The van der Waals surface area contributed by atoms with Gasteiger partial charge in [0.05, 0.1) is 10.3 Å². The Morgan fingerprint density at radius 2 is 2.00 bits per heavy atom. The van der Waals surface area contributed by atoms with Gasteiger partial charge in [-0.2, -0.15) is 0 Å². The van der Waals surface area contributed by atoms with Gasteiger partial charge >= 0.3 is 0 Å². The molecule has 0 saturated carbocycles. The van der Waals surface area contributed by atoms with Gasteiger partial charge in [0, 0.05) is 17.5 Å². The average Bonchev–Trinajstić information content (AvgIpc) is 2.63. The van der Waals surface area contributed by atoms with E-state index in [1.54, 1.807) is 13.0 Å². The SMILES string of the molecule is CC(SCc1cc(Cl)c2c(c1)OCCO2)C(=O)Nc1ccc(F)c(F)c1. The van der Waals surface area contributed by atoms with E-state index in [9.17, 15) is 13.6 Å². The molecular formula is C18H16ClF2NO3S. The summed E-state index contributed by atoms with van der Waals surface area (Å²) in [6.45, 7) is 2.66. The van der Waals surface area contributed by atoms with Crippen molar-refractivity contribution in [3.05, 3.63) is 52.6 Å². The first kappa shape index (κ1) is 18.8. The van der Waals surface area contributed by atoms with E-state index in [4.69, 9.17) is 21.1 Å². The lowest BCUT2D eigenvalue weighted by molar-refractivity contribution is -0.115. The molecule has 0 saturated heterocycles. The highest BCUT2D eigenvalue weighted by atomic mass is 35.5. The van der Waals surface area contributed by atoms with E-state index in [1.807, 2.05) is 6.07 Å². The zero-order valence-electron chi connectivity index (χ0n) is 13.9. The second kappa shape index (κ2) is 8.14. The fourth-order valence-corrected chi connectivity index (χ4v) is 3.47. The van der Waals surface area contributed by atoms with Crippen LogP contribution in [0.3, 0.4) is 0 Å². The molecule has 138 valence electrons. The van der Waals surface area contributed by atoms with Gasteiger partial charge in [-0.1, -0.05) is 11.6 Å². The Kier molecular flexibility index (Phi) is 5.88. The van der Waals surface area contributed by atoms with Crippen molar-refractivity contribution in [3.63, 3.8) is 0 Å². The normalized spacial score (nSPS) is 14.0. The molecule has 0 bridgehead atoms. The fourth-order valence-electron chi connectivity index (χ4n) is 2.36. The van der Waals surface area contributed by atoms with Crippen molar-refractivity contribution in [2.24, 2.45) is 0 Å². The molecule has 1 unspecified atom stereocenters. The van der Waals surface area contributed by atoms with Gasteiger partial charge in [-0.15, -0.1) is 11.8 Å². The fraction of sp³-hybridized carbons (Fsp3) is 0.278. The predicted molar refractivity (Wildman–Crippen MR) is 98.2 cm³/mol.